The summed E-state index contributed by atoms with van der Waals surface area (Å²) in [6.45, 7) is 10.1. The first-order chi connectivity index (χ1) is 17.1. The van der Waals surface area contributed by atoms with Gasteiger partial charge in [0.05, 0.1) is 23.3 Å². The number of aromatic nitrogens is 3. The molecule has 0 unspecified atom stereocenters. The summed E-state index contributed by atoms with van der Waals surface area (Å²) in [5, 5.41) is 3.09. The Balaban J connectivity index is 1.62. The second-order valence-electron chi connectivity index (χ2n) is 10.3. The summed E-state index contributed by atoms with van der Waals surface area (Å²) in [6.07, 6.45) is 3.45. The highest BCUT2D eigenvalue weighted by Gasteiger charge is 2.27. The van der Waals surface area contributed by atoms with Gasteiger partial charge in [-0.2, -0.15) is 0 Å². The van der Waals surface area contributed by atoms with Crippen LogP contribution in [0.5, 0.6) is 0 Å². The first-order valence-electron chi connectivity index (χ1n) is 12.4. The van der Waals surface area contributed by atoms with Crippen molar-refractivity contribution in [1.29, 1.82) is 0 Å². The monoisotopic (exact) mass is 515 g/mol. The molecule has 0 radical (unpaired) electrons. The van der Waals surface area contributed by atoms with Gasteiger partial charge in [-0.3, -0.25) is 4.31 Å². The molecule has 2 aromatic heterocycles. The van der Waals surface area contributed by atoms with Crippen LogP contribution in [0, 0.1) is 5.92 Å². The van der Waals surface area contributed by atoms with E-state index < -0.39 is 10.0 Å². The van der Waals surface area contributed by atoms with Gasteiger partial charge in [0.2, 0.25) is 0 Å². The lowest BCUT2D eigenvalue weighted by Crippen LogP contribution is -2.26. The number of hydrogen-bond acceptors (Lipinski definition) is 7. The van der Waals surface area contributed by atoms with E-state index in [2.05, 4.69) is 35.6 Å². The van der Waals surface area contributed by atoms with Crippen molar-refractivity contribution in [3.8, 4) is 0 Å². The molecule has 0 bridgehead atoms. The Labute approximate surface area is 213 Å². The van der Waals surface area contributed by atoms with Gasteiger partial charge in [0.1, 0.15) is 16.5 Å². The summed E-state index contributed by atoms with van der Waals surface area (Å²) >= 11 is 0. The van der Waals surface area contributed by atoms with Crippen LogP contribution < -0.4 is 9.62 Å². The normalized spacial score (nSPS) is 15.4. The molecule has 10 heteroatoms. The number of benzene rings is 1. The SMILES string of the molecule is COCCNc1ccc(S(=O)(=O)N(C)c2ccc3c(c2)nc(C(C)(C)C)n3CC2CCOCC2)cn1. The lowest BCUT2D eigenvalue weighted by atomic mass is 9.94. The highest BCUT2D eigenvalue weighted by atomic mass is 32.2. The molecule has 0 saturated carbocycles. The van der Waals surface area contributed by atoms with Crippen LogP contribution in [0.2, 0.25) is 0 Å². The van der Waals surface area contributed by atoms with Gasteiger partial charge in [-0.1, -0.05) is 20.8 Å². The number of sulfonamides is 1. The molecule has 0 spiro atoms. The highest BCUT2D eigenvalue weighted by molar-refractivity contribution is 7.92. The molecule has 0 amide bonds. The third-order valence-electron chi connectivity index (χ3n) is 6.55. The van der Waals surface area contributed by atoms with Gasteiger partial charge < -0.3 is 19.4 Å². The van der Waals surface area contributed by atoms with Crippen molar-refractivity contribution in [2.45, 2.75) is 50.5 Å². The maximum absolute atomic E-state index is 13.3. The van der Waals surface area contributed by atoms with Gasteiger partial charge >= 0.3 is 0 Å². The molecular formula is C26H37N5O4S. The fraction of sp³-hybridized carbons (Fsp3) is 0.538. The van der Waals surface area contributed by atoms with E-state index in [0.29, 0.717) is 30.6 Å². The molecule has 1 aliphatic heterocycles. The molecule has 1 aliphatic rings. The lowest BCUT2D eigenvalue weighted by Gasteiger charge is -2.26. The number of pyridine rings is 1. The number of rotatable bonds is 9. The molecule has 1 N–H and O–H groups in total. The van der Waals surface area contributed by atoms with Gasteiger partial charge in [-0.05, 0) is 49.1 Å². The van der Waals surface area contributed by atoms with Crippen LogP contribution in [-0.2, 0) is 31.5 Å². The van der Waals surface area contributed by atoms with Gasteiger partial charge in [0.15, 0.2) is 0 Å². The molecular weight excluding hydrogens is 478 g/mol. The van der Waals surface area contributed by atoms with Crippen LogP contribution in [0.3, 0.4) is 0 Å². The number of anilines is 2. The Morgan fingerprint density at radius 3 is 2.58 bits per heavy atom. The summed E-state index contributed by atoms with van der Waals surface area (Å²) in [5.74, 6) is 2.15. The van der Waals surface area contributed by atoms with Gasteiger partial charge in [-0.15, -0.1) is 0 Å². The largest absolute Gasteiger partial charge is 0.383 e. The number of nitrogens with one attached hydrogen (secondary N) is 1. The lowest BCUT2D eigenvalue weighted by molar-refractivity contribution is 0.0611. The molecule has 0 atom stereocenters. The van der Waals surface area contributed by atoms with E-state index in [0.717, 1.165) is 49.5 Å². The molecule has 1 aromatic carbocycles. The molecule has 196 valence electrons. The predicted molar refractivity (Wildman–Crippen MR) is 142 cm³/mol. The molecule has 1 saturated heterocycles. The van der Waals surface area contributed by atoms with E-state index in [1.165, 1.54) is 10.5 Å². The minimum absolute atomic E-state index is 0.128. The molecule has 9 nitrogen and oxygen atoms in total. The molecule has 3 aromatic rings. The molecule has 1 fully saturated rings. The van der Waals surface area contributed by atoms with Crippen LogP contribution in [0.4, 0.5) is 11.5 Å². The Hall–Kier alpha value is -2.69. The fourth-order valence-electron chi connectivity index (χ4n) is 4.47. The summed E-state index contributed by atoms with van der Waals surface area (Å²) in [5.41, 5.74) is 2.23. The number of hydrogen-bond donors (Lipinski definition) is 1. The van der Waals surface area contributed by atoms with Gasteiger partial charge in [0, 0.05) is 52.1 Å². The molecule has 4 rings (SSSR count). The first-order valence-corrected chi connectivity index (χ1v) is 13.8. The Bertz CT molecular complexity index is 1280. The van der Waals surface area contributed by atoms with Gasteiger partial charge in [-0.25, -0.2) is 18.4 Å². The average molecular weight is 516 g/mol. The topological polar surface area (TPSA) is 98.6 Å². The van der Waals surface area contributed by atoms with E-state index in [9.17, 15) is 8.42 Å². The van der Waals surface area contributed by atoms with E-state index in [4.69, 9.17) is 14.5 Å². The third kappa shape index (κ3) is 5.66. The smallest absolute Gasteiger partial charge is 0.265 e. The van der Waals surface area contributed by atoms with Crippen LogP contribution in [0.25, 0.3) is 11.0 Å². The van der Waals surface area contributed by atoms with E-state index >= 15 is 0 Å². The number of fused-ring (bicyclic) bond motifs is 1. The second-order valence-corrected chi connectivity index (χ2v) is 12.3. The standard InChI is InChI=1S/C26H37N5O4S/c1-26(2,3)25-29-22-16-20(6-8-23(22)31(25)18-19-10-13-35-14-11-19)30(4)36(32,33)21-7-9-24(28-17-21)27-12-15-34-5/h6-9,16-17,19H,10-15,18H2,1-5H3,(H,27,28). The zero-order valence-corrected chi connectivity index (χ0v) is 22.6. The predicted octanol–water partition coefficient (Wildman–Crippen LogP) is 4.04. The second kappa shape index (κ2) is 10.7. The van der Waals surface area contributed by atoms with Crippen LogP contribution >= 0.6 is 0 Å². The highest BCUT2D eigenvalue weighted by Crippen LogP contribution is 2.32. The number of ether oxygens (including phenoxy) is 2. The van der Waals surface area contributed by atoms with Gasteiger partial charge in [0.25, 0.3) is 10.0 Å². The Morgan fingerprint density at radius 1 is 1.19 bits per heavy atom. The van der Waals surface area contributed by atoms with Crippen molar-refractivity contribution in [2.24, 2.45) is 5.92 Å². The van der Waals surface area contributed by atoms with Crippen LogP contribution in [0.15, 0.2) is 41.4 Å². The van der Waals surface area contributed by atoms with Crippen molar-refractivity contribution in [3.63, 3.8) is 0 Å². The third-order valence-corrected chi connectivity index (χ3v) is 8.32. The zero-order chi connectivity index (χ0) is 25.9. The van der Waals surface area contributed by atoms with Crippen LogP contribution in [-0.4, -0.2) is 63.5 Å². The number of nitrogens with zero attached hydrogens (tertiary/aromatic N) is 4. The van der Waals surface area contributed by atoms with E-state index in [-0.39, 0.29) is 10.3 Å². The van der Waals surface area contributed by atoms with Crippen molar-refractivity contribution in [3.05, 3.63) is 42.4 Å². The van der Waals surface area contributed by atoms with Crippen molar-refractivity contribution >= 4 is 32.6 Å². The first kappa shape index (κ1) is 26.4. The van der Waals surface area contributed by atoms with Crippen molar-refractivity contribution < 1.29 is 17.9 Å². The van der Waals surface area contributed by atoms with E-state index in [1.807, 2.05) is 18.2 Å². The Kier molecular flexibility index (Phi) is 7.87. The average Bonchev–Trinajstić information content (AvgIpc) is 3.23. The Morgan fingerprint density at radius 2 is 1.94 bits per heavy atom. The summed E-state index contributed by atoms with van der Waals surface area (Å²) in [7, 11) is -0.603. The molecule has 36 heavy (non-hydrogen) atoms. The number of imidazole rings is 1. The van der Waals surface area contributed by atoms with Crippen molar-refractivity contribution in [1.82, 2.24) is 14.5 Å². The quantitative estimate of drug-likeness (QED) is 0.430. The summed E-state index contributed by atoms with van der Waals surface area (Å²) in [4.78, 5) is 9.34. The van der Waals surface area contributed by atoms with Crippen LogP contribution in [0.1, 0.15) is 39.4 Å². The minimum Gasteiger partial charge on any atom is -0.383 e. The maximum atomic E-state index is 13.3. The number of methoxy groups -OCH3 is 1. The summed E-state index contributed by atoms with van der Waals surface area (Å²) in [6, 6.07) is 8.92. The zero-order valence-electron chi connectivity index (χ0n) is 21.8. The van der Waals surface area contributed by atoms with Crippen molar-refractivity contribution in [2.75, 3.05) is 50.1 Å². The summed E-state index contributed by atoms with van der Waals surface area (Å²) < 4.78 is 40.8. The fourth-order valence-corrected chi connectivity index (χ4v) is 5.61. The van der Waals surface area contributed by atoms with E-state index in [1.54, 1.807) is 26.3 Å². The molecule has 0 aliphatic carbocycles. The maximum Gasteiger partial charge on any atom is 0.265 e. The molecule has 3 heterocycles. The minimum atomic E-state index is -3.79.